The molecule has 3 saturated heterocycles. The van der Waals surface area contributed by atoms with Crippen molar-refractivity contribution in [2.24, 2.45) is 17.8 Å². The van der Waals surface area contributed by atoms with E-state index in [9.17, 15) is 45.5 Å². The minimum Gasteiger partial charge on any atom is -0.459 e. The van der Waals surface area contributed by atoms with E-state index in [1.165, 1.54) is 14.0 Å². The molecule has 3 aliphatic heterocycles. The van der Waals surface area contributed by atoms with Crippen molar-refractivity contribution in [3.63, 3.8) is 0 Å². The highest BCUT2D eigenvalue weighted by atomic mass is 17.1. The summed E-state index contributed by atoms with van der Waals surface area (Å²) in [5.74, 6) is -4.00. The van der Waals surface area contributed by atoms with Crippen LogP contribution in [0.15, 0.2) is 0 Å². The van der Waals surface area contributed by atoms with Gasteiger partial charge in [-0.15, -0.1) is 0 Å². The quantitative estimate of drug-likeness (QED) is 0.0507. The maximum Gasteiger partial charge on any atom is 0.303 e. The van der Waals surface area contributed by atoms with Gasteiger partial charge in [0.25, 0.3) is 0 Å². The second kappa shape index (κ2) is 19.1. The number of aliphatic hydroxyl groups is 6. The van der Waals surface area contributed by atoms with Gasteiger partial charge in [0, 0.05) is 32.8 Å². The summed E-state index contributed by atoms with van der Waals surface area (Å²) in [5.41, 5.74) is 0. The fourth-order valence-electron chi connectivity index (χ4n) is 6.63. The Bertz CT molecular complexity index is 983. The van der Waals surface area contributed by atoms with E-state index in [4.69, 9.17) is 37.9 Å². The largest absolute Gasteiger partial charge is 0.459 e. The summed E-state index contributed by atoms with van der Waals surface area (Å²) < 4.78 is 44.5. The minimum absolute atomic E-state index is 0.105. The average molecular weight is 701 g/mol. The van der Waals surface area contributed by atoms with Gasteiger partial charge < -0.3 is 68.5 Å². The maximum absolute atomic E-state index is 11.9. The van der Waals surface area contributed by atoms with Gasteiger partial charge in [-0.25, -0.2) is 4.89 Å². The lowest BCUT2D eigenvalue weighted by Crippen LogP contribution is -2.61. The van der Waals surface area contributed by atoms with Gasteiger partial charge in [-0.3, -0.25) is 14.8 Å². The van der Waals surface area contributed by atoms with E-state index in [2.05, 4.69) is 4.89 Å². The van der Waals surface area contributed by atoms with E-state index in [0.717, 1.165) is 6.92 Å². The Morgan fingerprint density at radius 2 is 1.38 bits per heavy atom. The SMILES string of the molecule is CCC(OO)C1OC(OCC2C(O)C(COC)OC(O)C2OC(C)=O)C(O)C(O)C1COCC1OC(CO)C(O)C(CC)C1OC(C)=O. The Hall–Kier alpha value is -1.62. The van der Waals surface area contributed by atoms with E-state index in [-0.39, 0.29) is 26.2 Å². The zero-order valence-electron chi connectivity index (χ0n) is 27.8. The molecule has 48 heavy (non-hydrogen) atoms. The molecule has 0 aromatic heterocycles. The van der Waals surface area contributed by atoms with Crippen molar-refractivity contribution in [3.8, 4) is 0 Å². The van der Waals surface area contributed by atoms with Gasteiger partial charge in [0.1, 0.15) is 36.6 Å². The first kappa shape index (κ1) is 40.8. The van der Waals surface area contributed by atoms with Crippen molar-refractivity contribution in [2.45, 2.75) is 120 Å². The molecule has 0 spiro atoms. The summed E-state index contributed by atoms with van der Waals surface area (Å²) in [6.45, 7) is 4.29. The molecule has 280 valence electrons. The molecule has 16 atom stereocenters. The summed E-state index contributed by atoms with van der Waals surface area (Å²) in [6, 6.07) is 0. The zero-order chi connectivity index (χ0) is 35.7. The van der Waals surface area contributed by atoms with Crippen LogP contribution in [0, 0.1) is 17.8 Å². The molecule has 18 nitrogen and oxygen atoms in total. The predicted octanol–water partition coefficient (Wildman–Crippen LogP) is -2.30. The Balaban J connectivity index is 1.75. The number of methoxy groups -OCH3 is 1. The highest BCUT2D eigenvalue weighted by Crippen LogP contribution is 2.35. The molecule has 3 rings (SSSR count). The maximum atomic E-state index is 11.9. The molecule has 0 aromatic rings. The van der Waals surface area contributed by atoms with Crippen molar-refractivity contribution in [1.82, 2.24) is 0 Å². The summed E-state index contributed by atoms with van der Waals surface area (Å²) in [5, 5.41) is 73.8. The molecule has 0 aliphatic carbocycles. The van der Waals surface area contributed by atoms with Crippen LogP contribution in [0.3, 0.4) is 0 Å². The summed E-state index contributed by atoms with van der Waals surface area (Å²) in [4.78, 5) is 28.2. The zero-order valence-corrected chi connectivity index (χ0v) is 27.8. The summed E-state index contributed by atoms with van der Waals surface area (Å²) >= 11 is 0. The van der Waals surface area contributed by atoms with Crippen molar-refractivity contribution >= 4 is 11.9 Å². The predicted molar refractivity (Wildman–Crippen MR) is 158 cm³/mol. The second-order valence-corrected chi connectivity index (χ2v) is 12.3. The Morgan fingerprint density at radius 3 is 1.94 bits per heavy atom. The number of ether oxygens (including phenoxy) is 8. The van der Waals surface area contributed by atoms with Crippen LogP contribution in [0.1, 0.15) is 40.5 Å². The molecule has 3 aliphatic rings. The van der Waals surface area contributed by atoms with E-state index in [1.54, 1.807) is 13.8 Å². The lowest BCUT2D eigenvalue weighted by Gasteiger charge is -2.46. The van der Waals surface area contributed by atoms with Crippen LogP contribution in [0.4, 0.5) is 0 Å². The number of esters is 2. The number of hydrogen-bond acceptors (Lipinski definition) is 18. The third kappa shape index (κ3) is 9.79. The first-order chi connectivity index (χ1) is 22.8. The molecule has 0 radical (unpaired) electrons. The summed E-state index contributed by atoms with van der Waals surface area (Å²) in [7, 11) is 1.37. The van der Waals surface area contributed by atoms with Gasteiger partial charge in [0.2, 0.25) is 0 Å². The third-order valence-electron chi connectivity index (χ3n) is 9.11. The van der Waals surface area contributed by atoms with Crippen LogP contribution in [0.25, 0.3) is 0 Å². The van der Waals surface area contributed by atoms with E-state index >= 15 is 0 Å². The molecule has 3 heterocycles. The van der Waals surface area contributed by atoms with E-state index in [1.807, 2.05) is 0 Å². The molecule has 7 N–H and O–H groups in total. The van der Waals surface area contributed by atoms with Gasteiger partial charge in [0.05, 0.1) is 63.4 Å². The Morgan fingerprint density at radius 1 is 0.729 bits per heavy atom. The van der Waals surface area contributed by atoms with E-state index < -0.39 is 123 Å². The van der Waals surface area contributed by atoms with Gasteiger partial charge in [-0.1, -0.05) is 13.8 Å². The normalized spacial score (nSPS) is 41.0. The molecule has 0 saturated carbocycles. The number of aliphatic hydroxyl groups excluding tert-OH is 6. The number of rotatable bonds is 16. The Kier molecular flexibility index (Phi) is 16.3. The topological polar surface area (TPSA) is 259 Å². The van der Waals surface area contributed by atoms with E-state index in [0.29, 0.717) is 6.42 Å². The van der Waals surface area contributed by atoms with Crippen LogP contribution < -0.4 is 0 Å². The van der Waals surface area contributed by atoms with Crippen molar-refractivity contribution in [2.75, 3.05) is 40.1 Å². The molecule has 0 aromatic carbocycles. The second-order valence-electron chi connectivity index (χ2n) is 12.3. The minimum atomic E-state index is -1.69. The molecule has 16 unspecified atom stereocenters. The molecular formula is C30H52O18. The molecule has 0 bridgehead atoms. The van der Waals surface area contributed by atoms with Crippen molar-refractivity contribution < 1.29 is 88.3 Å². The van der Waals surface area contributed by atoms with Crippen LogP contribution in [-0.2, 0) is 52.4 Å². The fourth-order valence-corrected chi connectivity index (χ4v) is 6.63. The van der Waals surface area contributed by atoms with Gasteiger partial charge in [0.15, 0.2) is 18.7 Å². The Labute approximate surface area is 278 Å². The van der Waals surface area contributed by atoms with Crippen LogP contribution in [-0.4, -0.2) is 168 Å². The highest BCUT2D eigenvalue weighted by Gasteiger charge is 2.51. The molecule has 0 amide bonds. The van der Waals surface area contributed by atoms with Gasteiger partial charge in [-0.2, -0.15) is 0 Å². The van der Waals surface area contributed by atoms with Crippen LogP contribution >= 0.6 is 0 Å². The standard InChI is InChI=1S/C30H52O18/c1-6-15-22(34)19(8-31)45-21(26(15)43-13(3)32)12-41-9-16-24(36)25(37)30(47-27(16)18(7-2)48-39)42-10-17-23(35)20(11-40-5)46-29(38)28(17)44-14(4)33/h15-31,34-39H,6-12H2,1-5H3. The molecule has 3 fully saturated rings. The molecule has 18 heteroatoms. The van der Waals surface area contributed by atoms with Crippen LogP contribution in [0.2, 0.25) is 0 Å². The first-order valence-electron chi connectivity index (χ1n) is 16.1. The lowest BCUT2D eigenvalue weighted by atomic mass is 9.84. The van der Waals surface area contributed by atoms with Gasteiger partial charge >= 0.3 is 11.9 Å². The monoisotopic (exact) mass is 700 g/mol. The number of carbonyl (C=O) groups excluding carboxylic acids is 2. The highest BCUT2D eigenvalue weighted by molar-refractivity contribution is 5.66. The van der Waals surface area contributed by atoms with Gasteiger partial charge in [-0.05, 0) is 12.8 Å². The summed E-state index contributed by atoms with van der Waals surface area (Å²) in [6.07, 6.45) is -15.5. The van der Waals surface area contributed by atoms with Crippen molar-refractivity contribution in [3.05, 3.63) is 0 Å². The average Bonchev–Trinajstić information content (AvgIpc) is 3.04. The smallest absolute Gasteiger partial charge is 0.303 e. The first-order valence-corrected chi connectivity index (χ1v) is 16.1. The van der Waals surface area contributed by atoms with Crippen LogP contribution in [0.5, 0.6) is 0 Å². The van der Waals surface area contributed by atoms with Crippen molar-refractivity contribution in [1.29, 1.82) is 0 Å². The fraction of sp³-hybridized carbons (Fsp3) is 0.933. The molecular weight excluding hydrogens is 648 g/mol. The number of carbonyl (C=O) groups is 2. The lowest BCUT2D eigenvalue weighted by molar-refractivity contribution is -0.358. The third-order valence-corrected chi connectivity index (χ3v) is 9.11. The number of hydrogen-bond donors (Lipinski definition) is 7.